The number of carbonyl (C=O) groups is 3. The van der Waals surface area contributed by atoms with Gasteiger partial charge >= 0.3 is 24.0 Å². The average Bonchev–Trinajstić information content (AvgIpc) is 3.54. The van der Waals surface area contributed by atoms with Gasteiger partial charge in [-0.1, -0.05) is 17.0 Å². The Labute approximate surface area is 212 Å². The first-order valence-corrected chi connectivity index (χ1v) is 11.2. The minimum Gasteiger partial charge on any atom is -0.463 e. The Balaban J connectivity index is 1.54. The summed E-state index contributed by atoms with van der Waals surface area (Å²) in [5.41, 5.74) is 0.950. The normalized spacial score (nSPS) is 20.9. The number of esters is 3. The molecule has 0 saturated carbocycles. The molecule has 38 heavy (non-hydrogen) atoms. The lowest BCUT2D eigenvalue weighted by Crippen LogP contribution is -2.40. The quantitative estimate of drug-likeness (QED) is 0.188. The Kier molecular flexibility index (Phi) is 6.54. The molecule has 0 radical (unpaired) electrons. The van der Waals surface area contributed by atoms with Gasteiger partial charge in [0.1, 0.15) is 23.7 Å². The predicted molar refractivity (Wildman–Crippen MR) is 120 cm³/mol. The van der Waals surface area contributed by atoms with E-state index in [0.717, 1.165) is 18.7 Å². The van der Waals surface area contributed by atoms with Crippen LogP contribution in [-0.2, 0) is 33.3 Å². The van der Waals surface area contributed by atoms with E-state index in [4.69, 9.17) is 23.8 Å². The average molecular weight is 529 g/mol. The van der Waals surface area contributed by atoms with Crippen LogP contribution in [0, 0.1) is 6.08 Å². The second-order valence-electron chi connectivity index (χ2n) is 8.18. The second-order valence-corrected chi connectivity index (χ2v) is 8.18. The van der Waals surface area contributed by atoms with Gasteiger partial charge in [-0.2, -0.15) is 14.4 Å². The van der Waals surface area contributed by atoms with Crippen LogP contribution in [0.5, 0.6) is 5.88 Å². The van der Waals surface area contributed by atoms with Gasteiger partial charge in [-0.15, -0.1) is 5.10 Å². The zero-order valence-corrected chi connectivity index (χ0v) is 20.2. The van der Waals surface area contributed by atoms with Gasteiger partial charge in [-0.3, -0.25) is 19.0 Å². The highest BCUT2D eigenvalue weighted by atomic mass is 19.1. The first-order valence-electron chi connectivity index (χ1n) is 11.2. The van der Waals surface area contributed by atoms with Crippen LogP contribution in [0.25, 0.3) is 22.2 Å². The van der Waals surface area contributed by atoms with Gasteiger partial charge in [0.2, 0.25) is 0 Å². The van der Waals surface area contributed by atoms with Crippen molar-refractivity contribution in [3.8, 4) is 5.88 Å². The van der Waals surface area contributed by atoms with E-state index >= 15 is 0 Å². The number of para-hydroxylation sites is 1. The number of hydrogen-bond donors (Lipinski definition) is 0. The van der Waals surface area contributed by atoms with Crippen molar-refractivity contribution >= 4 is 40.1 Å². The van der Waals surface area contributed by atoms with E-state index in [1.165, 1.54) is 17.8 Å². The number of nitrogens with zero attached hydrogens (tertiary/aromatic N) is 7. The van der Waals surface area contributed by atoms with Crippen molar-refractivity contribution in [1.82, 2.24) is 34.7 Å². The highest BCUT2D eigenvalue weighted by molar-refractivity contribution is 5.77. The number of carbonyl (C=O) groups excluding carboxylic acids is 3. The van der Waals surface area contributed by atoms with Crippen LogP contribution in [0.3, 0.4) is 0 Å². The fourth-order valence-electron chi connectivity index (χ4n) is 4.03. The lowest BCUT2D eigenvalue weighted by atomic mass is 10.1. The Morgan fingerprint density at radius 3 is 2.50 bits per heavy atom. The van der Waals surface area contributed by atoms with Gasteiger partial charge in [0.05, 0.1) is 6.33 Å². The van der Waals surface area contributed by atoms with Crippen molar-refractivity contribution in [3.05, 3.63) is 36.7 Å². The largest absolute Gasteiger partial charge is 0.463 e. The molecule has 1 aliphatic heterocycles. The summed E-state index contributed by atoms with van der Waals surface area (Å²) in [5, 5.41) is 7.87. The van der Waals surface area contributed by atoms with E-state index in [1.807, 2.05) is 0 Å². The van der Waals surface area contributed by atoms with Gasteiger partial charge < -0.3 is 23.8 Å². The third-order valence-electron chi connectivity index (χ3n) is 5.47. The lowest BCUT2D eigenvalue weighted by Gasteiger charge is -2.23. The molecule has 1 saturated heterocycles. The van der Waals surface area contributed by atoms with Crippen LogP contribution in [0.1, 0.15) is 27.0 Å². The molecular weight excluding hydrogens is 509 g/mol. The topological polar surface area (TPSA) is 172 Å². The summed E-state index contributed by atoms with van der Waals surface area (Å²) in [7, 11) is 0. The highest BCUT2D eigenvalue weighted by Gasteiger charge is 2.51. The predicted octanol–water partition coefficient (Wildman–Crippen LogP) is 0.876. The van der Waals surface area contributed by atoms with E-state index in [1.54, 1.807) is 24.3 Å². The minimum atomic E-state index is -1.23. The number of benzene rings is 1. The molecule has 0 unspecified atom stereocenters. The maximum absolute atomic E-state index is 14.6. The fourth-order valence-corrected chi connectivity index (χ4v) is 4.03. The van der Waals surface area contributed by atoms with Crippen LogP contribution in [0.2, 0.25) is 0 Å². The molecule has 15 nitrogen and oxygen atoms in total. The summed E-state index contributed by atoms with van der Waals surface area (Å²) in [6, 6.07) is 6.92. The van der Waals surface area contributed by atoms with Crippen LogP contribution in [0.4, 0.5) is 4.39 Å². The van der Waals surface area contributed by atoms with E-state index in [0.29, 0.717) is 11.0 Å². The zero-order valence-electron chi connectivity index (χ0n) is 20.2. The third-order valence-corrected chi connectivity index (χ3v) is 5.47. The maximum Gasteiger partial charge on any atom is 0.314 e. The molecule has 0 N–H and O–H groups in total. The molecule has 16 heteroatoms. The van der Waals surface area contributed by atoms with E-state index in [-0.39, 0.29) is 23.7 Å². The zero-order chi connectivity index (χ0) is 27.0. The smallest absolute Gasteiger partial charge is 0.314 e. The van der Waals surface area contributed by atoms with Gasteiger partial charge in [-0.25, -0.2) is 4.98 Å². The Hall–Kier alpha value is -4.73. The first kappa shape index (κ1) is 24.9. The van der Waals surface area contributed by atoms with E-state index in [9.17, 15) is 18.8 Å². The van der Waals surface area contributed by atoms with E-state index in [2.05, 4.69) is 25.3 Å². The number of hydrogen-bond acceptors (Lipinski definition) is 13. The van der Waals surface area contributed by atoms with Gasteiger partial charge in [0.25, 0.3) is 5.88 Å². The molecule has 0 spiro atoms. The van der Waals surface area contributed by atoms with Crippen molar-refractivity contribution in [1.29, 1.82) is 0 Å². The highest BCUT2D eigenvalue weighted by Crippen LogP contribution is 2.36. The molecule has 198 valence electrons. The molecule has 4 aromatic rings. The van der Waals surface area contributed by atoms with Crippen LogP contribution < -0.4 is 4.84 Å². The van der Waals surface area contributed by atoms with Crippen molar-refractivity contribution in [2.45, 2.75) is 45.3 Å². The van der Waals surface area contributed by atoms with Crippen molar-refractivity contribution in [3.63, 3.8) is 0 Å². The second kappa shape index (κ2) is 9.97. The standard InChI is InChI=1S/C22H20FN7O8/c1-10(31)34-8-15-17(35-11(2)32)18(36-12(3)33)21(37-15)29-9-24-16-19(29)25-22(23)26-20(16)38-30-14-7-5-4-6-13(14)27-28-30/h4-7,9,15,17-18,21H,8H2,1-3H3/t15-,17-,18-,21-/m1/s1. The molecular formula is C22H20FN7O8. The number of ether oxygens (including phenoxy) is 4. The van der Waals surface area contributed by atoms with Crippen LogP contribution in [0.15, 0.2) is 30.6 Å². The summed E-state index contributed by atoms with van der Waals surface area (Å²) in [6.45, 7) is 3.20. The van der Waals surface area contributed by atoms with Crippen molar-refractivity contribution in [2.75, 3.05) is 6.61 Å². The Bertz CT molecular complexity index is 1540. The van der Waals surface area contributed by atoms with Crippen LogP contribution in [-0.4, -0.2) is 77.5 Å². The van der Waals surface area contributed by atoms with Gasteiger partial charge in [0, 0.05) is 20.8 Å². The van der Waals surface area contributed by atoms with Crippen LogP contribution >= 0.6 is 0 Å². The summed E-state index contributed by atoms with van der Waals surface area (Å²) >= 11 is 0. The first-order chi connectivity index (χ1) is 18.2. The molecule has 0 bridgehead atoms. The summed E-state index contributed by atoms with van der Waals surface area (Å²) in [4.78, 5) is 53.6. The monoisotopic (exact) mass is 529 g/mol. The van der Waals surface area contributed by atoms with E-state index < -0.39 is 48.5 Å². The Morgan fingerprint density at radius 2 is 1.76 bits per heavy atom. The number of aromatic nitrogens is 7. The minimum absolute atomic E-state index is 0.0172. The fraction of sp³-hybridized carbons (Fsp3) is 0.364. The lowest BCUT2D eigenvalue weighted by molar-refractivity contribution is -0.166. The summed E-state index contributed by atoms with van der Waals surface area (Å²) in [6.07, 6.45) is -4.54. The molecule has 5 rings (SSSR count). The molecule has 0 aliphatic carbocycles. The number of imidazole rings is 1. The Morgan fingerprint density at radius 1 is 1.03 bits per heavy atom. The van der Waals surface area contributed by atoms with Gasteiger partial charge in [0.15, 0.2) is 29.6 Å². The maximum atomic E-state index is 14.6. The summed E-state index contributed by atoms with van der Waals surface area (Å²) < 4.78 is 37.6. The molecule has 1 aromatic carbocycles. The SMILES string of the molecule is CC(=O)OC[C@H]1O[C@@H](n2cnc3c(On4nnc5ccccc54)nc(F)nc32)[C@H](OC(C)=O)[C@@H]1OC(C)=O. The molecule has 4 heterocycles. The molecule has 3 aromatic heterocycles. The molecule has 4 atom stereocenters. The number of rotatable bonds is 7. The number of halogens is 1. The third kappa shape index (κ3) is 4.80. The van der Waals surface area contributed by atoms with Crippen molar-refractivity contribution < 1.29 is 42.6 Å². The summed E-state index contributed by atoms with van der Waals surface area (Å²) in [5.74, 6) is -2.28. The van der Waals surface area contributed by atoms with Gasteiger partial charge in [-0.05, 0) is 17.3 Å². The van der Waals surface area contributed by atoms with Crippen molar-refractivity contribution in [2.24, 2.45) is 0 Å². The molecule has 1 fully saturated rings. The molecule has 1 aliphatic rings. The number of fused-ring (bicyclic) bond motifs is 2. The molecule has 0 amide bonds.